The summed E-state index contributed by atoms with van der Waals surface area (Å²) in [4.78, 5) is 18.4. The van der Waals surface area contributed by atoms with Crippen LogP contribution >= 0.6 is 0 Å². The quantitative estimate of drug-likeness (QED) is 0.216. The van der Waals surface area contributed by atoms with Gasteiger partial charge < -0.3 is 10.2 Å². The molecular weight excluding hydrogens is 340 g/mol. The number of nitrogens with zero attached hydrogens (tertiary/aromatic N) is 1. The first-order chi connectivity index (χ1) is 13.2. The topological polar surface area (TPSA) is 61.8 Å². The Labute approximate surface area is 165 Å². The number of amides is 2. The van der Waals surface area contributed by atoms with Gasteiger partial charge in [0.25, 0.3) is 0 Å². The number of nitrogens with one attached hydrogen (secondary N) is 1. The standard InChI is InChI=1S/C22H38N2O3/c1-3-4-5-6-7-8-9-10-11-12-16-24(17-18-27-26)22(25)23-21-15-13-14-20(2)19-21/h13-15,19,26H,3-12,16-18H2,1-2H3,(H,23,25). The Kier molecular flexibility index (Phi) is 13.4. The monoisotopic (exact) mass is 378 g/mol. The molecule has 2 N–H and O–H groups in total. The SMILES string of the molecule is CCCCCCCCCCCCN(CCOO)C(=O)Nc1cccc(C)c1. The average molecular weight is 379 g/mol. The molecule has 2 amide bonds. The molecule has 0 atom stereocenters. The first-order valence-corrected chi connectivity index (χ1v) is 10.6. The maximum atomic E-state index is 12.5. The second-order valence-corrected chi connectivity index (χ2v) is 7.30. The van der Waals surface area contributed by atoms with Crippen LogP contribution in [0.2, 0.25) is 0 Å². The minimum atomic E-state index is -0.145. The Morgan fingerprint density at radius 1 is 1.00 bits per heavy atom. The molecule has 0 unspecified atom stereocenters. The van der Waals surface area contributed by atoms with Crippen molar-refractivity contribution in [1.82, 2.24) is 4.90 Å². The van der Waals surface area contributed by atoms with Crippen molar-refractivity contribution in [3.05, 3.63) is 29.8 Å². The smallest absolute Gasteiger partial charge is 0.321 e. The summed E-state index contributed by atoms with van der Waals surface area (Å²) >= 11 is 0. The molecule has 0 bridgehead atoms. The zero-order chi connectivity index (χ0) is 19.7. The Bertz CT molecular complexity index is 508. The van der Waals surface area contributed by atoms with Crippen molar-refractivity contribution in [2.45, 2.75) is 78.1 Å². The highest BCUT2D eigenvalue weighted by molar-refractivity contribution is 5.89. The number of rotatable bonds is 15. The van der Waals surface area contributed by atoms with Crippen molar-refractivity contribution in [2.75, 3.05) is 25.0 Å². The Morgan fingerprint density at radius 3 is 2.22 bits per heavy atom. The molecule has 0 spiro atoms. The number of benzene rings is 1. The van der Waals surface area contributed by atoms with Crippen molar-refractivity contribution in [2.24, 2.45) is 0 Å². The predicted molar refractivity (Wildman–Crippen MR) is 112 cm³/mol. The fraction of sp³-hybridized carbons (Fsp3) is 0.682. The summed E-state index contributed by atoms with van der Waals surface area (Å²) in [6.07, 6.45) is 12.7. The zero-order valence-electron chi connectivity index (χ0n) is 17.2. The fourth-order valence-corrected chi connectivity index (χ4v) is 3.18. The molecular formula is C22H38N2O3. The van der Waals surface area contributed by atoms with E-state index in [0.29, 0.717) is 13.1 Å². The summed E-state index contributed by atoms with van der Waals surface area (Å²) in [5, 5.41) is 11.5. The van der Waals surface area contributed by atoms with E-state index < -0.39 is 0 Å². The van der Waals surface area contributed by atoms with Gasteiger partial charge in [-0.05, 0) is 31.0 Å². The molecule has 0 saturated heterocycles. The van der Waals surface area contributed by atoms with Crippen LogP contribution in [0.3, 0.4) is 0 Å². The summed E-state index contributed by atoms with van der Waals surface area (Å²) in [5.74, 6) is 0. The second-order valence-electron chi connectivity index (χ2n) is 7.30. The maximum absolute atomic E-state index is 12.5. The third-order valence-corrected chi connectivity index (χ3v) is 4.79. The Morgan fingerprint density at radius 2 is 1.63 bits per heavy atom. The first-order valence-electron chi connectivity index (χ1n) is 10.6. The molecule has 0 saturated carbocycles. The Hall–Kier alpha value is -1.59. The normalized spacial score (nSPS) is 10.8. The maximum Gasteiger partial charge on any atom is 0.321 e. The van der Waals surface area contributed by atoms with Gasteiger partial charge in [-0.2, -0.15) is 0 Å². The number of carbonyl (C=O) groups excluding carboxylic acids is 1. The average Bonchev–Trinajstić information content (AvgIpc) is 2.65. The van der Waals surface area contributed by atoms with E-state index in [2.05, 4.69) is 17.1 Å². The molecule has 5 nitrogen and oxygen atoms in total. The van der Waals surface area contributed by atoms with E-state index in [1.807, 2.05) is 31.2 Å². The predicted octanol–water partition coefficient (Wildman–Crippen LogP) is 6.24. The Balaban J connectivity index is 2.24. The van der Waals surface area contributed by atoms with Gasteiger partial charge in [0, 0.05) is 18.8 Å². The minimum Gasteiger partial charge on any atom is -0.322 e. The van der Waals surface area contributed by atoms with Crippen molar-refractivity contribution < 1.29 is 14.9 Å². The molecule has 0 aliphatic rings. The van der Waals surface area contributed by atoms with Crippen LogP contribution in [0.4, 0.5) is 10.5 Å². The van der Waals surface area contributed by atoms with E-state index in [4.69, 9.17) is 5.26 Å². The van der Waals surface area contributed by atoms with Crippen molar-refractivity contribution in [1.29, 1.82) is 0 Å². The van der Waals surface area contributed by atoms with Crippen LogP contribution in [0.5, 0.6) is 0 Å². The van der Waals surface area contributed by atoms with Gasteiger partial charge in [0.1, 0.15) is 0 Å². The number of anilines is 1. The van der Waals surface area contributed by atoms with Crippen molar-refractivity contribution in [3.8, 4) is 0 Å². The summed E-state index contributed by atoms with van der Waals surface area (Å²) < 4.78 is 0. The number of carbonyl (C=O) groups is 1. The number of hydrogen-bond donors (Lipinski definition) is 2. The molecule has 0 aliphatic heterocycles. The van der Waals surface area contributed by atoms with E-state index in [1.165, 1.54) is 51.4 Å². The molecule has 0 radical (unpaired) electrons. The van der Waals surface area contributed by atoms with Crippen LogP contribution in [0.1, 0.15) is 76.7 Å². The van der Waals surface area contributed by atoms with Crippen molar-refractivity contribution >= 4 is 11.7 Å². The van der Waals surface area contributed by atoms with Crippen LogP contribution in [-0.2, 0) is 4.89 Å². The van der Waals surface area contributed by atoms with Crippen LogP contribution < -0.4 is 5.32 Å². The number of hydrogen-bond acceptors (Lipinski definition) is 3. The highest BCUT2D eigenvalue weighted by Gasteiger charge is 2.13. The van der Waals surface area contributed by atoms with Gasteiger partial charge in [0.15, 0.2) is 0 Å². The minimum absolute atomic E-state index is 0.124. The van der Waals surface area contributed by atoms with Gasteiger partial charge in [0.05, 0.1) is 6.61 Å². The van der Waals surface area contributed by atoms with Gasteiger partial charge in [-0.1, -0.05) is 76.8 Å². The fourth-order valence-electron chi connectivity index (χ4n) is 3.18. The molecule has 154 valence electrons. The largest absolute Gasteiger partial charge is 0.322 e. The van der Waals surface area contributed by atoms with E-state index in [1.54, 1.807) is 4.90 Å². The summed E-state index contributed by atoms with van der Waals surface area (Å²) in [6.45, 7) is 5.43. The third kappa shape index (κ3) is 11.7. The highest BCUT2D eigenvalue weighted by Crippen LogP contribution is 2.13. The lowest BCUT2D eigenvalue weighted by atomic mass is 10.1. The molecule has 1 aromatic carbocycles. The van der Waals surface area contributed by atoms with E-state index in [-0.39, 0.29) is 12.6 Å². The lowest BCUT2D eigenvalue weighted by molar-refractivity contribution is -0.242. The molecule has 0 aliphatic carbocycles. The van der Waals surface area contributed by atoms with Gasteiger partial charge in [-0.3, -0.25) is 5.26 Å². The van der Waals surface area contributed by atoms with E-state index in [9.17, 15) is 4.79 Å². The van der Waals surface area contributed by atoms with E-state index >= 15 is 0 Å². The molecule has 1 aromatic rings. The molecule has 0 aromatic heterocycles. The molecule has 27 heavy (non-hydrogen) atoms. The lowest BCUT2D eigenvalue weighted by Crippen LogP contribution is -2.38. The molecule has 0 fully saturated rings. The van der Waals surface area contributed by atoms with Gasteiger partial charge in [-0.15, -0.1) is 0 Å². The zero-order valence-corrected chi connectivity index (χ0v) is 17.2. The summed E-state index contributed by atoms with van der Waals surface area (Å²) in [5.41, 5.74) is 1.89. The highest BCUT2D eigenvalue weighted by atomic mass is 17.1. The first kappa shape index (κ1) is 23.4. The van der Waals surface area contributed by atoms with Crippen LogP contribution in [0.15, 0.2) is 24.3 Å². The number of unbranched alkanes of at least 4 members (excludes halogenated alkanes) is 9. The second kappa shape index (κ2) is 15.5. The van der Waals surface area contributed by atoms with Crippen LogP contribution in [-0.4, -0.2) is 35.9 Å². The number of aryl methyl sites for hydroxylation is 1. The summed E-state index contributed by atoms with van der Waals surface area (Å²) in [7, 11) is 0. The van der Waals surface area contributed by atoms with Crippen molar-refractivity contribution in [3.63, 3.8) is 0 Å². The van der Waals surface area contributed by atoms with Crippen LogP contribution in [0, 0.1) is 6.92 Å². The summed E-state index contributed by atoms with van der Waals surface area (Å²) in [6, 6.07) is 7.60. The van der Waals surface area contributed by atoms with Gasteiger partial charge in [0.2, 0.25) is 0 Å². The van der Waals surface area contributed by atoms with Crippen LogP contribution in [0.25, 0.3) is 0 Å². The molecule has 1 rings (SSSR count). The molecule has 5 heteroatoms. The van der Waals surface area contributed by atoms with E-state index in [0.717, 1.165) is 24.1 Å². The van der Waals surface area contributed by atoms with Gasteiger partial charge in [-0.25, -0.2) is 9.68 Å². The lowest BCUT2D eigenvalue weighted by Gasteiger charge is -2.22. The molecule has 0 heterocycles. The number of urea groups is 1. The van der Waals surface area contributed by atoms with Gasteiger partial charge >= 0.3 is 6.03 Å². The third-order valence-electron chi connectivity index (χ3n) is 4.79.